The molecule has 1 saturated heterocycles. The number of halogens is 3. The number of nitriles is 1. The van der Waals surface area contributed by atoms with Crippen molar-refractivity contribution in [3.8, 4) is 6.07 Å². The van der Waals surface area contributed by atoms with Crippen molar-refractivity contribution in [2.24, 2.45) is 0 Å². The van der Waals surface area contributed by atoms with E-state index in [1.807, 2.05) is 6.07 Å². The number of hydrogen-bond donors (Lipinski definition) is 1. The van der Waals surface area contributed by atoms with Crippen LogP contribution in [0.1, 0.15) is 54.8 Å². The van der Waals surface area contributed by atoms with Crippen LogP contribution >= 0.6 is 0 Å². The smallest absolute Gasteiger partial charge is 0.416 e. The number of pyridine rings is 2. The molecule has 1 saturated carbocycles. The first kappa shape index (κ1) is 30.5. The van der Waals surface area contributed by atoms with Gasteiger partial charge in [-0.2, -0.15) is 5.26 Å². The van der Waals surface area contributed by atoms with Gasteiger partial charge in [0, 0.05) is 37.6 Å². The van der Waals surface area contributed by atoms with Crippen molar-refractivity contribution in [3.05, 3.63) is 83.6 Å². The van der Waals surface area contributed by atoms with Gasteiger partial charge in [0.25, 0.3) is 5.91 Å². The number of amides is 3. The second-order valence-electron chi connectivity index (χ2n) is 10.8. The third kappa shape index (κ3) is 6.49. The molecule has 2 fully saturated rings. The average Bonchev–Trinajstić information content (AvgIpc) is 3.01. The minimum absolute atomic E-state index is 0.0118. The van der Waals surface area contributed by atoms with Crippen LogP contribution < -0.4 is 15.1 Å². The lowest BCUT2D eigenvalue weighted by Gasteiger charge is -2.39. The predicted molar refractivity (Wildman–Crippen MR) is 152 cm³/mol. The Morgan fingerprint density at radius 2 is 1.91 bits per heavy atom. The molecule has 0 spiro atoms. The van der Waals surface area contributed by atoms with Gasteiger partial charge in [-0.05, 0) is 43.0 Å². The minimum atomic E-state index is -2.82. The molecule has 228 valence electrons. The minimum Gasteiger partial charge on any atom is -0.449 e. The number of nitrogens with zero attached hydrogens (tertiary/aromatic N) is 5. The Bertz CT molecular complexity index is 1600. The fourth-order valence-corrected chi connectivity index (χ4v) is 5.54. The fraction of sp³-hybridized carbons (Fsp3) is 0.355. The van der Waals surface area contributed by atoms with Crippen molar-refractivity contribution in [1.29, 1.82) is 5.26 Å². The van der Waals surface area contributed by atoms with Crippen LogP contribution in [0, 0.1) is 24.1 Å². The largest absolute Gasteiger partial charge is 0.449 e. The lowest BCUT2D eigenvalue weighted by molar-refractivity contribution is -0.128. The van der Waals surface area contributed by atoms with Crippen molar-refractivity contribution in [1.82, 2.24) is 15.3 Å². The molecular weight excluding hydrogens is 577 g/mol. The Morgan fingerprint density at radius 3 is 2.61 bits per heavy atom. The first-order chi connectivity index (χ1) is 21.1. The Balaban J connectivity index is 1.61. The van der Waals surface area contributed by atoms with E-state index in [1.54, 1.807) is 31.2 Å². The Kier molecular flexibility index (Phi) is 8.80. The van der Waals surface area contributed by atoms with E-state index in [0.717, 1.165) is 22.1 Å². The quantitative estimate of drug-likeness (QED) is 0.402. The van der Waals surface area contributed by atoms with Crippen LogP contribution in [0.3, 0.4) is 0 Å². The maximum absolute atomic E-state index is 14.7. The summed E-state index contributed by atoms with van der Waals surface area (Å²) in [7, 11) is 0. The molecule has 3 amide bonds. The molecule has 1 aliphatic carbocycles. The van der Waals surface area contributed by atoms with Crippen molar-refractivity contribution in [2.75, 3.05) is 16.4 Å². The first-order valence-corrected chi connectivity index (χ1v) is 14.1. The number of nitrogens with one attached hydrogen (secondary N) is 1. The van der Waals surface area contributed by atoms with Crippen LogP contribution in [0.25, 0.3) is 0 Å². The van der Waals surface area contributed by atoms with Crippen LogP contribution in [0.15, 0.2) is 61.1 Å². The van der Waals surface area contributed by atoms with Gasteiger partial charge in [-0.15, -0.1) is 0 Å². The lowest BCUT2D eigenvalue weighted by atomic mass is 9.91. The normalized spacial score (nSPS) is 18.9. The molecule has 2 aromatic heterocycles. The van der Waals surface area contributed by atoms with Crippen LogP contribution in [-0.4, -0.2) is 52.5 Å². The average molecular weight is 607 g/mol. The number of aryl methyl sites for hydroxylation is 1. The second-order valence-corrected chi connectivity index (χ2v) is 10.8. The number of aromatic nitrogens is 2. The van der Waals surface area contributed by atoms with E-state index >= 15 is 0 Å². The van der Waals surface area contributed by atoms with E-state index in [1.165, 1.54) is 24.5 Å². The summed E-state index contributed by atoms with van der Waals surface area (Å²) in [6.45, 7) is 1.61. The summed E-state index contributed by atoms with van der Waals surface area (Å²) in [6, 6.07) is 9.34. The molecule has 2 aliphatic rings. The van der Waals surface area contributed by atoms with Gasteiger partial charge in [0.1, 0.15) is 23.7 Å². The van der Waals surface area contributed by atoms with Crippen LogP contribution in [-0.2, 0) is 14.3 Å². The molecular formula is C31H29F3N6O4. The van der Waals surface area contributed by atoms with E-state index in [4.69, 9.17) is 4.74 Å². The summed E-state index contributed by atoms with van der Waals surface area (Å²) in [4.78, 5) is 52.0. The molecule has 1 aliphatic heterocycles. The zero-order chi connectivity index (χ0) is 31.4. The highest BCUT2D eigenvalue weighted by Gasteiger charge is 2.44. The van der Waals surface area contributed by atoms with Crippen LogP contribution in [0.5, 0.6) is 0 Å². The number of rotatable bonds is 7. The Labute approximate surface area is 251 Å². The highest BCUT2D eigenvalue weighted by Crippen LogP contribution is 2.36. The monoisotopic (exact) mass is 606 g/mol. The third-order valence-corrected chi connectivity index (χ3v) is 7.79. The zero-order valence-corrected chi connectivity index (χ0v) is 23.8. The summed E-state index contributed by atoms with van der Waals surface area (Å²) in [6.07, 6.45) is 1.86. The van der Waals surface area contributed by atoms with Crippen molar-refractivity contribution < 1.29 is 32.3 Å². The van der Waals surface area contributed by atoms with Gasteiger partial charge >= 0.3 is 6.09 Å². The van der Waals surface area contributed by atoms with Gasteiger partial charge in [-0.3, -0.25) is 19.5 Å². The van der Waals surface area contributed by atoms with Gasteiger partial charge in [0.2, 0.25) is 11.8 Å². The summed E-state index contributed by atoms with van der Waals surface area (Å²) in [5.74, 6) is -5.05. The molecule has 1 aromatic carbocycles. The van der Waals surface area contributed by atoms with Gasteiger partial charge < -0.3 is 10.1 Å². The standard InChI is InChI=1S/C31H29F3N6O4/c1-19-4-2-3-5-24(19)27(28(41)38-22-6-10-31(33,34)11-7-22)39(23-15-21(32)17-36-18-23)29(42)25-9-13-44-30(43)40(25)26-14-20(16-35)8-12-37-26/h2-5,8,12,14-15,17-18,22,25,27H,6-7,9-11,13H2,1H3,(H,38,41). The summed E-state index contributed by atoms with van der Waals surface area (Å²) < 4.78 is 47.6. The van der Waals surface area contributed by atoms with Crippen molar-refractivity contribution in [2.45, 2.75) is 63.1 Å². The number of hydrogen-bond acceptors (Lipinski definition) is 7. The van der Waals surface area contributed by atoms with E-state index in [9.17, 15) is 32.8 Å². The second kappa shape index (κ2) is 12.7. The van der Waals surface area contributed by atoms with Crippen LogP contribution in [0.2, 0.25) is 0 Å². The summed E-state index contributed by atoms with van der Waals surface area (Å²) in [5.41, 5.74) is 1.15. The van der Waals surface area contributed by atoms with Gasteiger partial charge in [0.05, 0.1) is 36.3 Å². The Morgan fingerprint density at radius 1 is 1.16 bits per heavy atom. The summed E-state index contributed by atoms with van der Waals surface area (Å²) >= 11 is 0. The molecule has 44 heavy (non-hydrogen) atoms. The Hall–Kier alpha value is -4.99. The first-order valence-electron chi connectivity index (χ1n) is 14.1. The number of ether oxygens (including phenoxy) is 1. The SMILES string of the molecule is Cc1ccccc1C(C(=O)NC1CCC(F)(F)CC1)N(C(=O)C1CCOC(=O)N1c1cc(C#N)ccn1)c1cncc(F)c1. The predicted octanol–water partition coefficient (Wildman–Crippen LogP) is 4.98. The van der Waals surface area contributed by atoms with Crippen molar-refractivity contribution in [3.63, 3.8) is 0 Å². The molecule has 10 nitrogen and oxygen atoms in total. The topological polar surface area (TPSA) is 129 Å². The zero-order valence-electron chi connectivity index (χ0n) is 23.8. The highest BCUT2D eigenvalue weighted by molar-refractivity contribution is 6.08. The van der Waals surface area contributed by atoms with E-state index in [-0.39, 0.29) is 42.9 Å². The molecule has 2 atom stereocenters. The van der Waals surface area contributed by atoms with Crippen LogP contribution in [0.4, 0.5) is 29.5 Å². The molecule has 0 bridgehead atoms. The molecule has 5 rings (SSSR count). The van der Waals surface area contributed by atoms with E-state index < -0.39 is 60.6 Å². The molecule has 1 N–H and O–H groups in total. The van der Waals surface area contributed by atoms with Gasteiger partial charge in [-0.1, -0.05) is 24.3 Å². The fourth-order valence-electron chi connectivity index (χ4n) is 5.54. The number of alkyl halides is 2. The molecule has 13 heteroatoms. The van der Waals surface area contributed by atoms with Gasteiger partial charge in [0.15, 0.2) is 0 Å². The third-order valence-electron chi connectivity index (χ3n) is 7.79. The maximum Gasteiger partial charge on any atom is 0.416 e. The maximum atomic E-state index is 14.7. The number of cyclic esters (lactones) is 1. The highest BCUT2D eigenvalue weighted by atomic mass is 19.3. The molecule has 3 aromatic rings. The summed E-state index contributed by atoms with van der Waals surface area (Å²) in [5, 5.41) is 12.2. The number of anilines is 2. The number of carbonyl (C=O) groups excluding carboxylic acids is 3. The molecule has 2 unspecified atom stereocenters. The van der Waals surface area contributed by atoms with E-state index in [0.29, 0.717) is 11.1 Å². The molecule has 3 heterocycles. The van der Waals surface area contributed by atoms with Gasteiger partial charge in [-0.25, -0.2) is 27.8 Å². The number of carbonyl (C=O) groups is 3. The number of benzene rings is 1. The molecule has 0 radical (unpaired) electrons. The lowest BCUT2D eigenvalue weighted by Crippen LogP contribution is -2.57. The van der Waals surface area contributed by atoms with Crippen molar-refractivity contribution >= 4 is 29.4 Å². The van der Waals surface area contributed by atoms with E-state index in [2.05, 4.69) is 15.3 Å².